The Morgan fingerprint density at radius 2 is 1.75 bits per heavy atom. The van der Waals surface area contributed by atoms with E-state index in [1.54, 1.807) is 4.90 Å². The zero-order valence-electron chi connectivity index (χ0n) is 11.8. The molecule has 0 radical (unpaired) electrons. The number of fused-ring (bicyclic) bond motifs is 1. The molecule has 0 spiro atoms. The normalized spacial score (nSPS) is 11.7. The van der Waals surface area contributed by atoms with E-state index >= 15 is 0 Å². The number of carbonyl (C=O) groups is 1. The minimum atomic E-state index is -0.217. The minimum absolute atomic E-state index is 0.0410. The molecule has 2 rings (SSSR count). The van der Waals surface area contributed by atoms with E-state index in [1.165, 1.54) is 0 Å². The average Bonchev–Trinajstić information content (AvgIpc) is 2.45. The van der Waals surface area contributed by atoms with Gasteiger partial charge in [0, 0.05) is 28.0 Å². The third kappa shape index (κ3) is 3.07. The van der Waals surface area contributed by atoms with Crippen LogP contribution < -0.4 is 0 Å². The molecule has 0 bridgehead atoms. The van der Waals surface area contributed by atoms with Gasteiger partial charge < -0.3 is 4.90 Å². The Kier molecular flexibility index (Phi) is 4.55. The molecule has 0 saturated carbocycles. The molecule has 0 fully saturated rings. The highest BCUT2D eigenvalue weighted by Gasteiger charge is 2.27. The van der Waals surface area contributed by atoms with Crippen molar-refractivity contribution in [3.05, 3.63) is 46.4 Å². The van der Waals surface area contributed by atoms with Gasteiger partial charge in [0.05, 0.1) is 0 Å². The second kappa shape index (κ2) is 5.86. The summed E-state index contributed by atoms with van der Waals surface area (Å²) < 4.78 is 1.04. The second-order valence-electron chi connectivity index (χ2n) is 5.52. The summed E-state index contributed by atoms with van der Waals surface area (Å²) >= 11 is 6.92. The van der Waals surface area contributed by atoms with Gasteiger partial charge in [-0.1, -0.05) is 44.0 Å². The SMILES string of the molecule is CN(C(=O)c1ccc2cc(Br)ccc2c1)C(C)(C)CBr. The van der Waals surface area contributed by atoms with Gasteiger partial charge in [0.15, 0.2) is 0 Å². The molecule has 0 aliphatic carbocycles. The van der Waals surface area contributed by atoms with Crippen LogP contribution in [-0.2, 0) is 0 Å². The van der Waals surface area contributed by atoms with Crippen molar-refractivity contribution >= 4 is 48.5 Å². The van der Waals surface area contributed by atoms with E-state index in [4.69, 9.17) is 0 Å². The van der Waals surface area contributed by atoms with Crippen LogP contribution in [0.2, 0.25) is 0 Å². The van der Waals surface area contributed by atoms with Gasteiger partial charge in [-0.2, -0.15) is 0 Å². The molecule has 0 aliphatic rings. The zero-order valence-corrected chi connectivity index (χ0v) is 15.0. The summed E-state index contributed by atoms with van der Waals surface area (Å²) in [4.78, 5) is 14.3. The van der Waals surface area contributed by atoms with Crippen molar-refractivity contribution in [1.29, 1.82) is 0 Å². The Morgan fingerprint density at radius 1 is 1.15 bits per heavy atom. The van der Waals surface area contributed by atoms with Crippen molar-refractivity contribution in [2.45, 2.75) is 19.4 Å². The first-order valence-electron chi connectivity index (χ1n) is 6.38. The van der Waals surface area contributed by atoms with E-state index < -0.39 is 0 Å². The van der Waals surface area contributed by atoms with Crippen LogP contribution in [-0.4, -0.2) is 28.7 Å². The molecule has 0 atom stereocenters. The smallest absolute Gasteiger partial charge is 0.254 e. The lowest BCUT2D eigenvalue weighted by atomic mass is 10.0. The van der Waals surface area contributed by atoms with Crippen LogP contribution in [0.3, 0.4) is 0 Å². The molecule has 2 aromatic rings. The number of amides is 1. The summed E-state index contributed by atoms with van der Waals surface area (Å²) in [6.07, 6.45) is 0. The van der Waals surface area contributed by atoms with Crippen molar-refractivity contribution in [2.24, 2.45) is 0 Å². The monoisotopic (exact) mass is 397 g/mol. The Hall–Kier alpha value is -0.870. The van der Waals surface area contributed by atoms with Gasteiger partial charge in [-0.05, 0) is 48.9 Å². The van der Waals surface area contributed by atoms with Crippen molar-refractivity contribution < 1.29 is 4.79 Å². The number of rotatable bonds is 3. The lowest BCUT2D eigenvalue weighted by Gasteiger charge is -2.34. The number of benzene rings is 2. The van der Waals surface area contributed by atoms with Crippen LogP contribution in [0.5, 0.6) is 0 Å². The first-order valence-corrected chi connectivity index (χ1v) is 8.30. The van der Waals surface area contributed by atoms with Crippen LogP contribution >= 0.6 is 31.9 Å². The van der Waals surface area contributed by atoms with Crippen molar-refractivity contribution in [3.63, 3.8) is 0 Å². The van der Waals surface area contributed by atoms with Crippen molar-refractivity contribution in [1.82, 2.24) is 4.90 Å². The van der Waals surface area contributed by atoms with E-state index in [0.29, 0.717) is 0 Å². The summed E-state index contributed by atoms with van der Waals surface area (Å²) in [5.74, 6) is 0.0410. The highest BCUT2D eigenvalue weighted by atomic mass is 79.9. The van der Waals surface area contributed by atoms with E-state index in [0.717, 1.165) is 26.1 Å². The predicted octanol–water partition coefficient (Wildman–Crippen LogP) is 4.85. The molecular formula is C16H17Br2NO. The molecule has 0 saturated heterocycles. The molecule has 0 N–H and O–H groups in total. The van der Waals surface area contributed by atoms with Crippen LogP contribution in [0, 0.1) is 0 Å². The lowest BCUT2D eigenvalue weighted by Crippen LogP contribution is -2.46. The molecule has 0 heterocycles. The molecule has 106 valence electrons. The number of halogens is 2. The molecule has 4 heteroatoms. The maximum Gasteiger partial charge on any atom is 0.254 e. The Bertz CT molecular complexity index is 652. The number of carbonyl (C=O) groups excluding carboxylic acids is 1. The van der Waals surface area contributed by atoms with Gasteiger partial charge >= 0.3 is 0 Å². The lowest BCUT2D eigenvalue weighted by molar-refractivity contribution is 0.0664. The molecule has 0 unspecified atom stereocenters. The Morgan fingerprint density at radius 3 is 2.40 bits per heavy atom. The van der Waals surface area contributed by atoms with Gasteiger partial charge in [-0.25, -0.2) is 0 Å². The topological polar surface area (TPSA) is 20.3 Å². The first kappa shape index (κ1) is 15.5. The number of hydrogen-bond donors (Lipinski definition) is 0. The molecule has 20 heavy (non-hydrogen) atoms. The van der Waals surface area contributed by atoms with Gasteiger partial charge in [0.1, 0.15) is 0 Å². The summed E-state index contributed by atoms with van der Waals surface area (Å²) in [6, 6.07) is 11.9. The number of hydrogen-bond acceptors (Lipinski definition) is 1. The fraction of sp³-hybridized carbons (Fsp3) is 0.312. The largest absolute Gasteiger partial charge is 0.336 e. The van der Waals surface area contributed by atoms with Gasteiger partial charge in [0.25, 0.3) is 5.91 Å². The van der Waals surface area contributed by atoms with Crippen LogP contribution in [0.25, 0.3) is 10.8 Å². The third-order valence-corrected chi connectivity index (χ3v) is 5.45. The molecule has 0 aliphatic heterocycles. The Labute approximate surface area is 136 Å². The summed E-state index contributed by atoms with van der Waals surface area (Å²) in [6.45, 7) is 4.08. The van der Waals surface area contributed by atoms with E-state index in [1.807, 2.05) is 51.2 Å². The maximum absolute atomic E-state index is 12.6. The van der Waals surface area contributed by atoms with E-state index in [-0.39, 0.29) is 11.4 Å². The summed E-state index contributed by atoms with van der Waals surface area (Å²) in [5, 5.41) is 2.94. The fourth-order valence-corrected chi connectivity index (χ4v) is 2.66. The molecule has 2 aromatic carbocycles. The first-order chi connectivity index (χ1) is 9.35. The van der Waals surface area contributed by atoms with Gasteiger partial charge in [-0.3, -0.25) is 4.79 Å². The molecular weight excluding hydrogens is 382 g/mol. The zero-order chi connectivity index (χ0) is 14.9. The Balaban J connectivity index is 2.38. The van der Waals surface area contributed by atoms with Gasteiger partial charge in [-0.15, -0.1) is 0 Å². The van der Waals surface area contributed by atoms with Crippen LogP contribution in [0.15, 0.2) is 40.9 Å². The predicted molar refractivity (Wildman–Crippen MR) is 91.6 cm³/mol. The van der Waals surface area contributed by atoms with Crippen LogP contribution in [0.4, 0.5) is 0 Å². The summed E-state index contributed by atoms with van der Waals surface area (Å²) in [5.41, 5.74) is 0.502. The minimum Gasteiger partial charge on any atom is -0.336 e. The highest BCUT2D eigenvalue weighted by molar-refractivity contribution is 9.10. The molecule has 0 aromatic heterocycles. The van der Waals surface area contributed by atoms with Crippen LogP contribution in [0.1, 0.15) is 24.2 Å². The van der Waals surface area contributed by atoms with Crippen molar-refractivity contribution in [2.75, 3.05) is 12.4 Å². The maximum atomic E-state index is 12.6. The van der Waals surface area contributed by atoms with Crippen molar-refractivity contribution in [3.8, 4) is 0 Å². The third-order valence-electron chi connectivity index (χ3n) is 3.59. The molecule has 1 amide bonds. The van der Waals surface area contributed by atoms with E-state index in [2.05, 4.69) is 37.9 Å². The standard InChI is InChI=1S/C16H17Br2NO/c1-16(2,10-17)19(3)15(20)13-5-4-12-9-14(18)7-6-11(12)8-13/h4-9H,10H2,1-3H3. The van der Waals surface area contributed by atoms with Gasteiger partial charge in [0.2, 0.25) is 0 Å². The second-order valence-corrected chi connectivity index (χ2v) is 6.99. The fourth-order valence-electron chi connectivity index (χ4n) is 1.91. The highest BCUT2D eigenvalue weighted by Crippen LogP contribution is 2.23. The molecule has 2 nitrogen and oxygen atoms in total. The van der Waals surface area contributed by atoms with E-state index in [9.17, 15) is 4.79 Å². The summed E-state index contributed by atoms with van der Waals surface area (Å²) in [7, 11) is 1.84. The average molecular weight is 399 g/mol. The quantitative estimate of drug-likeness (QED) is 0.676. The number of alkyl halides is 1. The number of nitrogens with zero attached hydrogens (tertiary/aromatic N) is 1.